The van der Waals surface area contributed by atoms with Gasteiger partial charge in [-0.2, -0.15) is 0 Å². The number of carbonyl (C=O) groups is 3. The average Bonchev–Trinajstić information content (AvgIpc) is 3.38. The summed E-state index contributed by atoms with van der Waals surface area (Å²) in [7, 11) is 0. The number of hydrogen-bond donors (Lipinski definition) is 2. The first-order valence-corrected chi connectivity index (χ1v) is 12.2. The highest BCUT2D eigenvalue weighted by molar-refractivity contribution is 7.15. The molecule has 34 heavy (non-hydrogen) atoms. The van der Waals surface area contributed by atoms with Gasteiger partial charge in [0.1, 0.15) is 0 Å². The average molecular weight is 478 g/mol. The Kier molecular flexibility index (Phi) is 7.64. The SMILES string of the molecule is CCc1ccc(CNC(=O)[C@H]2CCCN(C(=O)c3nnc(C(=O)Nc4ccccc4)s3)C2)cc1. The number of nitrogens with zero attached hydrogens (tertiary/aromatic N) is 3. The van der Waals surface area contributed by atoms with Gasteiger partial charge in [-0.25, -0.2) is 0 Å². The van der Waals surface area contributed by atoms with Crippen molar-refractivity contribution in [1.29, 1.82) is 0 Å². The number of nitrogens with one attached hydrogen (secondary N) is 2. The first kappa shape index (κ1) is 23.6. The van der Waals surface area contributed by atoms with Crippen LogP contribution in [0, 0.1) is 5.92 Å². The Morgan fingerprint density at radius 1 is 1.00 bits per heavy atom. The van der Waals surface area contributed by atoms with Gasteiger partial charge in [0, 0.05) is 25.3 Å². The van der Waals surface area contributed by atoms with Crippen LogP contribution in [0.25, 0.3) is 0 Å². The fraction of sp³-hybridized carbons (Fsp3) is 0.320. The largest absolute Gasteiger partial charge is 0.352 e. The van der Waals surface area contributed by atoms with Gasteiger partial charge in [-0.05, 0) is 42.5 Å². The molecule has 3 aromatic rings. The molecule has 1 fully saturated rings. The van der Waals surface area contributed by atoms with Gasteiger partial charge in [0.05, 0.1) is 5.92 Å². The van der Waals surface area contributed by atoms with Crippen LogP contribution in [-0.2, 0) is 17.8 Å². The van der Waals surface area contributed by atoms with Crippen molar-refractivity contribution in [3.63, 3.8) is 0 Å². The van der Waals surface area contributed by atoms with Crippen molar-refractivity contribution >= 4 is 34.7 Å². The first-order chi connectivity index (χ1) is 16.5. The van der Waals surface area contributed by atoms with E-state index < -0.39 is 5.91 Å². The highest BCUT2D eigenvalue weighted by Crippen LogP contribution is 2.21. The number of rotatable bonds is 7. The summed E-state index contributed by atoms with van der Waals surface area (Å²) in [6.45, 7) is 3.44. The third kappa shape index (κ3) is 5.85. The lowest BCUT2D eigenvalue weighted by Gasteiger charge is -2.31. The van der Waals surface area contributed by atoms with Gasteiger partial charge in [0.2, 0.25) is 15.9 Å². The normalized spacial score (nSPS) is 15.6. The summed E-state index contributed by atoms with van der Waals surface area (Å²) < 4.78 is 0. The Labute approximate surface area is 202 Å². The molecule has 9 heteroatoms. The zero-order chi connectivity index (χ0) is 23.9. The summed E-state index contributed by atoms with van der Waals surface area (Å²) >= 11 is 0.956. The fourth-order valence-electron chi connectivity index (χ4n) is 3.84. The lowest BCUT2D eigenvalue weighted by atomic mass is 9.97. The molecule has 0 spiro atoms. The van der Waals surface area contributed by atoms with Crippen LogP contribution in [-0.4, -0.2) is 45.9 Å². The van der Waals surface area contributed by atoms with Crippen molar-refractivity contribution in [3.05, 3.63) is 75.7 Å². The molecule has 2 aromatic carbocycles. The van der Waals surface area contributed by atoms with Crippen molar-refractivity contribution in [2.24, 2.45) is 5.92 Å². The second-order valence-corrected chi connectivity index (χ2v) is 9.19. The number of piperidine rings is 1. The second kappa shape index (κ2) is 11.0. The number of likely N-dealkylation sites (tertiary alicyclic amines) is 1. The maximum Gasteiger partial charge on any atom is 0.286 e. The van der Waals surface area contributed by atoms with Gasteiger partial charge in [-0.3, -0.25) is 14.4 Å². The van der Waals surface area contributed by atoms with E-state index in [1.54, 1.807) is 17.0 Å². The van der Waals surface area contributed by atoms with Gasteiger partial charge in [-0.1, -0.05) is 60.7 Å². The third-order valence-electron chi connectivity index (χ3n) is 5.81. The molecule has 2 heterocycles. The number of hydrogen-bond acceptors (Lipinski definition) is 6. The van der Waals surface area contributed by atoms with E-state index in [2.05, 4.69) is 39.9 Å². The van der Waals surface area contributed by atoms with Gasteiger partial charge < -0.3 is 15.5 Å². The van der Waals surface area contributed by atoms with E-state index in [-0.39, 0.29) is 27.7 Å². The summed E-state index contributed by atoms with van der Waals surface area (Å²) in [6, 6.07) is 17.2. The minimum Gasteiger partial charge on any atom is -0.352 e. The standard InChI is InChI=1S/C25H27N5O3S/c1-2-17-10-12-18(13-11-17)15-26-21(31)19-7-6-14-30(16-19)25(33)24-29-28-23(34-24)22(32)27-20-8-4-3-5-9-20/h3-5,8-13,19H,2,6-7,14-16H2,1H3,(H,26,31)(H,27,32)/t19-/m0/s1. The molecule has 0 saturated carbocycles. The molecule has 3 amide bonds. The Morgan fingerprint density at radius 3 is 2.44 bits per heavy atom. The maximum atomic E-state index is 13.0. The number of aromatic nitrogens is 2. The Morgan fingerprint density at radius 2 is 1.71 bits per heavy atom. The molecule has 1 aliphatic rings. The topological polar surface area (TPSA) is 104 Å². The molecule has 176 valence electrons. The Bertz CT molecular complexity index is 1150. The van der Waals surface area contributed by atoms with Crippen molar-refractivity contribution < 1.29 is 14.4 Å². The van der Waals surface area contributed by atoms with E-state index in [4.69, 9.17) is 0 Å². The van der Waals surface area contributed by atoms with E-state index in [1.807, 2.05) is 30.3 Å². The predicted octanol–water partition coefficient (Wildman–Crippen LogP) is 3.52. The van der Waals surface area contributed by atoms with Crippen LogP contribution < -0.4 is 10.6 Å². The minimum absolute atomic E-state index is 0.0581. The molecule has 0 aliphatic carbocycles. The molecular weight excluding hydrogens is 450 g/mol. The molecule has 4 rings (SSSR count). The van der Waals surface area contributed by atoms with E-state index in [1.165, 1.54) is 5.56 Å². The predicted molar refractivity (Wildman–Crippen MR) is 131 cm³/mol. The monoisotopic (exact) mass is 477 g/mol. The van der Waals surface area contributed by atoms with Crippen LogP contribution >= 0.6 is 11.3 Å². The zero-order valence-electron chi connectivity index (χ0n) is 19.0. The van der Waals surface area contributed by atoms with Gasteiger partial charge in [0.15, 0.2) is 0 Å². The number of benzene rings is 2. The van der Waals surface area contributed by atoms with Crippen LogP contribution in [0.5, 0.6) is 0 Å². The van der Waals surface area contributed by atoms with E-state index in [9.17, 15) is 14.4 Å². The third-order valence-corrected chi connectivity index (χ3v) is 6.72. The molecule has 1 aliphatic heterocycles. The highest BCUT2D eigenvalue weighted by atomic mass is 32.1. The molecule has 1 aromatic heterocycles. The van der Waals surface area contributed by atoms with Crippen LogP contribution in [0.3, 0.4) is 0 Å². The van der Waals surface area contributed by atoms with Crippen LogP contribution in [0.2, 0.25) is 0 Å². The molecule has 0 radical (unpaired) electrons. The molecule has 1 atom stereocenters. The molecule has 2 N–H and O–H groups in total. The Balaban J connectivity index is 1.32. The smallest absolute Gasteiger partial charge is 0.286 e. The number of aryl methyl sites for hydroxylation is 1. The lowest BCUT2D eigenvalue weighted by molar-refractivity contribution is -0.126. The quantitative estimate of drug-likeness (QED) is 0.542. The van der Waals surface area contributed by atoms with Crippen molar-refractivity contribution in [3.8, 4) is 0 Å². The summed E-state index contributed by atoms with van der Waals surface area (Å²) in [6.07, 6.45) is 2.44. The number of anilines is 1. The summed E-state index contributed by atoms with van der Waals surface area (Å²) in [5.41, 5.74) is 2.94. The summed E-state index contributed by atoms with van der Waals surface area (Å²) in [5.74, 6) is -1.05. The van der Waals surface area contributed by atoms with Crippen molar-refractivity contribution in [2.45, 2.75) is 32.7 Å². The minimum atomic E-state index is -0.411. The summed E-state index contributed by atoms with van der Waals surface area (Å²) in [5, 5.41) is 13.8. The van der Waals surface area contributed by atoms with Crippen molar-refractivity contribution in [1.82, 2.24) is 20.4 Å². The zero-order valence-corrected chi connectivity index (χ0v) is 19.8. The number of carbonyl (C=O) groups excluding carboxylic acids is 3. The molecular formula is C25H27N5O3S. The number of amides is 3. The van der Waals surface area contributed by atoms with Crippen molar-refractivity contribution in [2.75, 3.05) is 18.4 Å². The lowest BCUT2D eigenvalue weighted by Crippen LogP contribution is -2.45. The van der Waals surface area contributed by atoms with Crippen LogP contribution in [0.15, 0.2) is 54.6 Å². The summed E-state index contributed by atoms with van der Waals surface area (Å²) in [4.78, 5) is 39.8. The molecule has 1 saturated heterocycles. The van der Waals surface area contributed by atoms with E-state index in [0.29, 0.717) is 25.3 Å². The fourth-order valence-corrected chi connectivity index (χ4v) is 4.55. The maximum absolute atomic E-state index is 13.0. The molecule has 0 bridgehead atoms. The van der Waals surface area contributed by atoms with E-state index in [0.717, 1.165) is 36.2 Å². The highest BCUT2D eigenvalue weighted by Gasteiger charge is 2.30. The van der Waals surface area contributed by atoms with Gasteiger partial charge in [-0.15, -0.1) is 10.2 Å². The van der Waals surface area contributed by atoms with Gasteiger partial charge in [0.25, 0.3) is 11.8 Å². The van der Waals surface area contributed by atoms with E-state index >= 15 is 0 Å². The molecule has 0 unspecified atom stereocenters. The Hall–Kier alpha value is -3.59. The first-order valence-electron chi connectivity index (χ1n) is 11.4. The molecule has 8 nitrogen and oxygen atoms in total. The van der Waals surface area contributed by atoms with Gasteiger partial charge >= 0.3 is 0 Å². The second-order valence-electron chi connectivity index (χ2n) is 8.21. The number of para-hydroxylation sites is 1. The van der Waals surface area contributed by atoms with Crippen LogP contribution in [0.4, 0.5) is 5.69 Å². The van der Waals surface area contributed by atoms with Crippen LogP contribution in [0.1, 0.15) is 50.5 Å².